The van der Waals surface area contributed by atoms with Crippen LogP contribution in [0.4, 0.5) is 11.5 Å². The molecule has 1 aromatic heterocycles. The number of benzene rings is 2. The number of aromatic nitrogens is 2. The quantitative estimate of drug-likeness (QED) is 0.302. The van der Waals surface area contributed by atoms with Crippen molar-refractivity contribution in [1.82, 2.24) is 19.8 Å². The normalized spacial score (nSPS) is 20.6. The van der Waals surface area contributed by atoms with Crippen LogP contribution >= 0.6 is 13.5 Å². The van der Waals surface area contributed by atoms with E-state index in [0.717, 1.165) is 43.2 Å². The fraction of sp³-hybridized carbons (Fsp3) is 0.438. The summed E-state index contributed by atoms with van der Waals surface area (Å²) in [4.78, 5) is 34.7. The third-order valence-corrected chi connectivity index (χ3v) is 8.60. The van der Waals surface area contributed by atoms with Gasteiger partial charge in [0.1, 0.15) is 18.5 Å². The molecule has 3 aliphatic heterocycles. The summed E-state index contributed by atoms with van der Waals surface area (Å²) in [7, 11) is 2.08. The topological polar surface area (TPSA) is 78.6 Å². The first-order valence-electron chi connectivity index (χ1n) is 14.6. The number of piperazine rings is 1. The second-order valence-electron chi connectivity index (χ2n) is 11.1. The smallest absolute Gasteiger partial charge is 0.318 e. The molecule has 6 rings (SSSR count). The van der Waals surface area contributed by atoms with Crippen LogP contribution in [0.5, 0.6) is 6.01 Å². The standard InChI is InChI=1S/C32H37N7O3.H2S/c1-4-30(40)39-15-14-38(19-24(39)18-33-2)31-27-12-13-37(29-11-7-9-23-8-5-6-10-26(23)29)20-28(27)34-32(35-31)42-22-25-21-41-17-16-36(25)3;/h4-11,24-25H,1,12-22H2,3H3;1H2/t24?,25-;/m0./s1. The highest BCUT2D eigenvalue weighted by molar-refractivity contribution is 7.59. The van der Waals surface area contributed by atoms with Crippen LogP contribution in [0, 0.1) is 6.57 Å². The van der Waals surface area contributed by atoms with Crippen molar-refractivity contribution in [3.05, 3.63) is 77.8 Å². The van der Waals surface area contributed by atoms with Gasteiger partial charge in [0, 0.05) is 49.4 Å². The van der Waals surface area contributed by atoms with Gasteiger partial charge < -0.3 is 29.0 Å². The van der Waals surface area contributed by atoms with E-state index in [1.807, 2.05) is 0 Å². The van der Waals surface area contributed by atoms with Crippen LogP contribution in [0.25, 0.3) is 15.6 Å². The van der Waals surface area contributed by atoms with E-state index in [1.165, 1.54) is 22.5 Å². The number of nitrogens with zero attached hydrogens (tertiary/aromatic N) is 7. The summed E-state index contributed by atoms with van der Waals surface area (Å²) >= 11 is 0. The number of amides is 1. The van der Waals surface area contributed by atoms with Gasteiger partial charge in [0.2, 0.25) is 12.5 Å². The molecule has 0 aliphatic carbocycles. The molecule has 2 saturated heterocycles. The largest absolute Gasteiger partial charge is 0.462 e. The van der Waals surface area contributed by atoms with E-state index in [2.05, 4.69) is 75.6 Å². The fourth-order valence-electron chi connectivity index (χ4n) is 6.20. The second kappa shape index (κ2) is 13.6. The van der Waals surface area contributed by atoms with Crippen molar-refractivity contribution in [2.24, 2.45) is 0 Å². The summed E-state index contributed by atoms with van der Waals surface area (Å²) in [5, 5.41) is 2.43. The lowest BCUT2D eigenvalue weighted by Crippen LogP contribution is -2.56. The van der Waals surface area contributed by atoms with Gasteiger partial charge >= 0.3 is 6.01 Å². The molecule has 2 fully saturated rings. The predicted molar refractivity (Wildman–Crippen MR) is 173 cm³/mol. The molecule has 4 heterocycles. The average Bonchev–Trinajstić information content (AvgIpc) is 3.03. The maximum atomic E-state index is 12.5. The van der Waals surface area contributed by atoms with Crippen molar-refractivity contribution >= 4 is 41.7 Å². The molecule has 10 nitrogen and oxygen atoms in total. The lowest BCUT2D eigenvalue weighted by atomic mass is 10.0. The Hall–Kier alpha value is -3.85. The Kier molecular flexibility index (Phi) is 9.70. The van der Waals surface area contributed by atoms with Crippen molar-refractivity contribution in [2.75, 3.05) is 75.9 Å². The van der Waals surface area contributed by atoms with Gasteiger partial charge in [-0.25, -0.2) is 6.57 Å². The minimum absolute atomic E-state index is 0. The van der Waals surface area contributed by atoms with Gasteiger partial charge in [-0.15, -0.1) is 0 Å². The second-order valence-corrected chi connectivity index (χ2v) is 11.1. The molecule has 11 heteroatoms. The molecule has 3 aliphatic rings. The van der Waals surface area contributed by atoms with Crippen LogP contribution in [0.3, 0.4) is 0 Å². The fourth-order valence-corrected chi connectivity index (χ4v) is 6.20. The SMILES string of the molecule is S.[C-]#[N+]CC1CN(c2nc(OC[C@@H]3COCCN3C)nc3c2CCN(c2cccc4ccccc24)C3)CCN1C(=O)C=C. The van der Waals surface area contributed by atoms with E-state index >= 15 is 0 Å². The van der Waals surface area contributed by atoms with Crippen molar-refractivity contribution in [3.8, 4) is 6.01 Å². The Morgan fingerprint density at radius 1 is 1.12 bits per heavy atom. The summed E-state index contributed by atoms with van der Waals surface area (Å²) in [6.07, 6.45) is 2.12. The monoisotopic (exact) mass is 601 g/mol. The Morgan fingerprint density at radius 3 is 2.77 bits per heavy atom. The van der Waals surface area contributed by atoms with E-state index in [4.69, 9.17) is 26.0 Å². The molecule has 2 atom stereocenters. The van der Waals surface area contributed by atoms with Crippen molar-refractivity contribution in [3.63, 3.8) is 0 Å². The van der Waals surface area contributed by atoms with Crippen LogP contribution in [-0.4, -0.2) is 104 Å². The molecule has 43 heavy (non-hydrogen) atoms. The van der Waals surface area contributed by atoms with Crippen LogP contribution < -0.4 is 14.5 Å². The molecule has 0 radical (unpaired) electrons. The van der Waals surface area contributed by atoms with Gasteiger partial charge in [-0.1, -0.05) is 43.0 Å². The highest BCUT2D eigenvalue weighted by Crippen LogP contribution is 2.34. The Morgan fingerprint density at radius 2 is 1.95 bits per heavy atom. The molecule has 226 valence electrons. The summed E-state index contributed by atoms with van der Waals surface area (Å²) in [6, 6.07) is 15.1. The maximum Gasteiger partial charge on any atom is 0.318 e. The molecule has 0 saturated carbocycles. The predicted octanol–water partition coefficient (Wildman–Crippen LogP) is 3.14. The number of carbonyl (C=O) groups is 1. The number of anilines is 2. The van der Waals surface area contributed by atoms with E-state index < -0.39 is 0 Å². The molecule has 0 spiro atoms. The zero-order valence-corrected chi connectivity index (χ0v) is 25.6. The third kappa shape index (κ3) is 6.42. The van der Waals surface area contributed by atoms with E-state index in [-0.39, 0.29) is 38.0 Å². The first-order chi connectivity index (χ1) is 20.6. The maximum absolute atomic E-state index is 12.5. The van der Waals surface area contributed by atoms with Crippen LogP contribution in [-0.2, 0) is 22.5 Å². The van der Waals surface area contributed by atoms with E-state index in [9.17, 15) is 4.79 Å². The van der Waals surface area contributed by atoms with Crippen molar-refractivity contribution in [1.29, 1.82) is 0 Å². The van der Waals surface area contributed by atoms with Crippen molar-refractivity contribution in [2.45, 2.75) is 25.0 Å². The van der Waals surface area contributed by atoms with Gasteiger partial charge in [-0.3, -0.25) is 9.69 Å². The number of hydrogen-bond donors (Lipinski definition) is 0. The number of morpholine rings is 1. The molecule has 1 unspecified atom stereocenters. The molecule has 2 aromatic carbocycles. The van der Waals surface area contributed by atoms with E-state index in [0.29, 0.717) is 45.4 Å². The Labute approximate surface area is 260 Å². The molecule has 0 N–H and O–H groups in total. The Bertz CT molecular complexity index is 1510. The van der Waals surface area contributed by atoms with Crippen LogP contribution in [0.1, 0.15) is 11.3 Å². The van der Waals surface area contributed by atoms with Crippen LogP contribution in [0.15, 0.2) is 55.1 Å². The molecule has 0 bridgehead atoms. The number of likely N-dealkylation sites (N-methyl/N-ethyl adjacent to an activating group) is 1. The molecular formula is C32H39N7O3S. The highest BCUT2D eigenvalue weighted by Gasteiger charge is 2.35. The van der Waals surface area contributed by atoms with Gasteiger partial charge in [0.15, 0.2) is 0 Å². The zero-order chi connectivity index (χ0) is 29.1. The molecular weight excluding hydrogens is 562 g/mol. The van der Waals surface area contributed by atoms with E-state index in [1.54, 1.807) is 4.90 Å². The number of hydrogen-bond acceptors (Lipinski definition) is 8. The number of rotatable bonds is 7. The molecule has 1 amide bonds. The molecule has 3 aromatic rings. The van der Waals surface area contributed by atoms with Crippen LogP contribution in [0.2, 0.25) is 0 Å². The first kappa shape index (κ1) is 30.6. The first-order valence-corrected chi connectivity index (χ1v) is 14.6. The number of fused-ring (bicyclic) bond motifs is 2. The lowest BCUT2D eigenvalue weighted by molar-refractivity contribution is -0.128. The van der Waals surface area contributed by atoms with Gasteiger partial charge in [-0.2, -0.15) is 23.5 Å². The number of carbonyl (C=O) groups excluding carboxylic acids is 1. The van der Waals surface area contributed by atoms with Gasteiger partial charge in [0.05, 0.1) is 31.5 Å². The summed E-state index contributed by atoms with van der Waals surface area (Å²) in [5.74, 6) is 0.711. The zero-order valence-electron chi connectivity index (χ0n) is 24.6. The minimum atomic E-state index is -0.236. The van der Waals surface area contributed by atoms with Gasteiger partial charge in [-0.05, 0) is 31.0 Å². The Balaban J connectivity index is 0.00000368. The summed E-state index contributed by atoms with van der Waals surface area (Å²) in [6.45, 7) is 17.1. The van der Waals surface area contributed by atoms with Gasteiger partial charge in [0.25, 0.3) is 0 Å². The third-order valence-electron chi connectivity index (χ3n) is 8.60. The van der Waals surface area contributed by atoms with Crippen molar-refractivity contribution < 1.29 is 14.3 Å². The average molecular weight is 602 g/mol. The number of ether oxygens (including phenoxy) is 2. The summed E-state index contributed by atoms with van der Waals surface area (Å²) in [5.41, 5.74) is 3.26. The highest BCUT2D eigenvalue weighted by atomic mass is 32.1. The summed E-state index contributed by atoms with van der Waals surface area (Å²) < 4.78 is 11.9. The lowest BCUT2D eigenvalue weighted by Gasteiger charge is -2.41. The minimum Gasteiger partial charge on any atom is -0.462 e.